The number of carbonyl (C=O) groups excluding carboxylic acids is 2. The maximum absolute atomic E-state index is 12.8. The number of carbonyl (C=O) groups is 2. The van der Waals surface area contributed by atoms with E-state index in [9.17, 15) is 18.0 Å². The van der Waals surface area contributed by atoms with Crippen molar-refractivity contribution < 1.29 is 22.7 Å². The molecule has 0 bridgehead atoms. The summed E-state index contributed by atoms with van der Waals surface area (Å²) in [5.41, 5.74) is 0.0852. The Bertz CT molecular complexity index is 847. The summed E-state index contributed by atoms with van der Waals surface area (Å²) in [4.78, 5) is 24.6. The van der Waals surface area contributed by atoms with E-state index in [0.29, 0.717) is 13.2 Å². The quantitative estimate of drug-likeness (QED) is 0.548. The maximum Gasteiger partial charge on any atom is 0.313 e. The molecule has 2 amide bonds. The number of anilines is 1. The SMILES string of the molecule is O=C(Nc1cc(S(=O)(=O)N2CCOCC2)ccc1Cl)C(=O)NC1CCCCCC1. The van der Waals surface area contributed by atoms with Gasteiger partial charge in [-0.3, -0.25) is 9.59 Å². The Morgan fingerprint density at radius 2 is 1.69 bits per heavy atom. The minimum atomic E-state index is -3.74. The van der Waals surface area contributed by atoms with Crippen LogP contribution in [0, 0.1) is 0 Å². The number of halogens is 1. The fourth-order valence-corrected chi connectivity index (χ4v) is 5.15. The van der Waals surface area contributed by atoms with Crippen LogP contribution in [0.5, 0.6) is 0 Å². The smallest absolute Gasteiger partial charge is 0.313 e. The highest BCUT2D eigenvalue weighted by Crippen LogP contribution is 2.27. The lowest BCUT2D eigenvalue weighted by Gasteiger charge is -2.26. The molecule has 1 aromatic rings. The highest BCUT2D eigenvalue weighted by Gasteiger charge is 2.27. The van der Waals surface area contributed by atoms with Crippen LogP contribution in [-0.2, 0) is 24.3 Å². The molecule has 29 heavy (non-hydrogen) atoms. The Morgan fingerprint density at radius 3 is 2.34 bits per heavy atom. The molecule has 1 heterocycles. The molecule has 1 aliphatic heterocycles. The summed E-state index contributed by atoms with van der Waals surface area (Å²) in [5.74, 6) is -1.61. The number of rotatable bonds is 4. The number of hydrogen-bond donors (Lipinski definition) is 2. The molecule has 3 rings (SSSR count). The summed E-state index contributed by atoms with van der Waals surface area (Å²) < 4.78 is 32.1. The summed E-state index contributed by atoms with van der Waals surface area (Å²) in [6.45, 7) is 1.18. The van der Waals surface area contributed by atoms with E-state index < -0.39 is 21.8 Å². The van der Waals surface area contributed by atoms with Gasteiger partial charge >= 0.3 is 11.8 Å². The third kappa shape index (κ3) is 5.69. The third-order valence-corrected chi connectivity index (χ3v) is 7.41. The van der Waals surface area contributed by atoms with Crippen LogP contribution in [0.25, 0.3) is 0 Å². The number of benzene rings is 1. The molecule has 0 spiro atoms. The summed E-state index contributed by atoms with van der Waals surface area (Å²) >= 11 is 6.12. The number of hydrogen-bond acceptors (Lipinski definition) is 5. The summed E-state index contributed by atoms with van der Waals surface area (Å²) in [6.07, 6.45) is 6.04. The molecule has 1 aliphatic carbocycles. The molecule has 1 aromatic carbocycles. The normalized spacial score (nSPS) is 19.3. The van der Waals surface area contributed by atoms with Crippen LogP contribution in [0.2, 0.25) is 5.02 Å². The molecule has 1 saturated heterocycles. The monoisotopic (exact) mass is 443 g/mol. The van der Waals surface area contributed by atoms with Gasteiger partial charge in [-0.25, -0.2) is 8.42 Å². The molecule has 0 radical (unpaired) electrons. The van der Waals surface area contributed by atoms with Gasteiger partial charge in [0.05, 0.1) is 28.8 Å². The molecule has 0 atom stereocenters. The predicted molar refractivity (Wildman–Crippen MR) is 109 cm³/mol. The first-order valence-corrected chi connectivity index (χ1v) is 11.7. The van der Waals surface area contributed by atoms with E-state index in [2.05, 4.69) is 10.6 Å². The number of sulfonamides is 1. The van der Waals surface area contributed by atoms with E-state index in [-0.39, 0.29) is 34.7 Å². The van der Waals surface area contributed by atoms with E-state index in [1.54, 1.807) is 0 Å². The van der Waals surface area contributed by atoms with Crippen LogP contribution < -0.4 is 10.6 Å². The van der Waals surface area contributed by atoms with Gasteiger partial charge in [0.1, 0.15) is 0 Å². The van der Waals surface area contributed by atoms with Gasteiger partial charge in [-0.2, -0.15) is 4.31 Å². The van der Waals surface area contributed by atoms with Crippen LogP contribution in [0.15, 0.2) is 23.1 Å². The minimum Gasteiger partial charge on any atom is -0.379 e. The topological polar surface area (TPSA) is 105 Å². The van der Waals surface area contributed by atoms with Crippen LogP contribution >= 0.6 is 11.6 Å². The molecule has 160 valence electrons. The van der Waals surface area contributed by atoms with Gasteiger partial charge in [0.25, 0.3) is 0 Å². The zero-order chi connectivity index (χ0) is 20.9. The number of nitrogens with one attached hydrogen (secondary N) is 2. The lowest BCUT2D eigenvalue weighted by atomic mass is 10.1. The minimum absolute atomic E-state index is 0.00303. The first kappa shape index (κ1) is 22.0. The maximum atomic E-state index is 12.8. The van der Waals surface area contributed by atoms with Crippen molar-refractivity contribution in [1.82, 2.24) is 9.62 Å². The van der Waals surface area contributed by atoms with Crippen LogP contribution in [0.4, 0.5) is 5.69 Å². The largest absolute Gasteiger partial charge is 0.379 e. The highest BCUT2D eigenvalue weighted by atomic mass is 35.5. The Kier molecular flexibility index (Phi) is 7.50. The molecule has 8 nitrogen and oxygen atoms in total. The van der Waals surface area contributed by atoms with Crippen LogP contribution in [-0.4, -0.2) is 56.9 Å². The summed E-state index contributed by atoms with van der Waals surface area (Å²) in [6, 6.07) is 4.05. The lowest BCUT2D eigenvalue weighted by Crippen LogP contribution is -2.42. The number of nitrogens with zero attached hydrogens (tertiary/aromatic N) is 1. The average Bonchev–Trinajstić information content (AvgIpc) is 2.98. The fourth-order valence-electron chi connectivity index (χ4n) is 3.55. The second-order valence-corrected chi connectivity index (χ2v) is 9.62. The van der Waals surface area contributed by atoms with Crippen molar-refractivity contribution in [3.63, 3.8) is 0 Å². The van der Waals surface area contributed by atoms with Crippen molar-refractivity contribution in [2.75, 3.05) is 31.6 Å². The van der Waals surface area contributed by atoms with Crippen molar-refractivity contribution in [3.8, 4) is 0 Å². The zero-order valence-electron chi connectivity index (χ0n) is 16.2. The molecule has 0 unspecified atom stereocenters. The van der Waals surface area contributed by atoms with Gasteiger partial charge in [-0.1, -0.05) is 37.3 Å². The molecule has 10 heteroatoms. The van der Waals surface area contributed by atoms with E-state index in [1.807, 2.05) is 0 Å². The standard InChI is InChI=1S/C19H26ClN3O5S/c20-16-8-7-15(29(26,27)23-9-11-28-12-10-23)13-17(16)22-19(25)18(24)21-14-5-3-1-2-4-6-14/h7-8,13-14H,1-6,9-12H2,(H,21,24)(H,22,25). The third-order valence-electron chi connectivity index (χ3n) is 5.19. The predicted octanol–water partition coefficient (Wildman–Crippen LogP) is 2.14. The Morgan fingerprint density at radius 1 is 1.03 bits per heavy atom. The first-order valence-electron chi connectivity index (χ1n) is 9.87. The fraction of sp³-hybridized carbons (Fsp3) is 0.579. The van der Waals surface area contributed by atoms with Gasteiger partial charge in [0.2, 0.25) is 10.0 Å². The molecule has 1 saturated carbocycles. The average molecular weight is 444 g/mol. The lowest BCUT2D eigenvalue weighted by molar-refractivity contribution is -0.136. The van der Waals surface area contributed by atoms with Gasteiger partial charge in [-0.05, 0) is 31.0 Å². The zero-order valence-corrected chi connectivity index (χ0v) is 17.7. The number of morpholine rings is 1. The molecule has 0 aromatic heterocycles. The molecule has 2 N–H and O–H groups in total. The van der Waals surface area contributed by atoms with Crippen molar-refractivity contribution in [1.29, 1.82) is 0 Å². The van der Waals surface area contributed by atoms with Crippen molar-refractivity contribution >= 4 is 39.1 Å². The first-order chi connectivity index (χ1) is 13.9. The Balaban J connectivity index is 1.69. The van der Waals surface area contributed by atoms with Gasteiger partial charge in [0.15, 0.2) is 0 Å². The van der Waals surface area contributed by atoms with Crippen LogP contribution in [0.3, 0.4) is 0 Å². The Hall–Kier alpha value is -1.68. The second kappa shape index (κ2) is 9.88. The summed E-state index contributed by atoms with van der Waals surface area (Å²) in [7, 11) is -3.74. The molecule has 2 aliphatic rings. The number of ether oxygens (including phenoxy) is 1. The van der Waals surface area contributed by atoms with E-state index >= 15 is 0 Å². The van der Waals surface area contributed by atoms with Gasteiger partial charge in [-0.15, -0.1) is 0 Å². The Labute approximate surface area is 176 Å². The van der Waals surface area contributed by atoms with E-state index in [4.69, 9.17) is 16.3 Å². The highest BCUT2D eigenvalue weighted by molar-refractivity contribution is 7.89. The van der Waals surface area contributed by atoms with Crippen molar-refractivity contribution in [2.45, 2.75) is 49.5 Å². The van der Waals surface area contributed by atoms with Crippen molar-refractivity contribution in [2.24, 2.45) is 0 Å². The number of amides is 2. The van der Waals surface area contributed by atoms with Gasteiger partial charge in [0, 0.05) is 19.1 Å². The second-order valence-electron chi connectivity index (χ2n) is 7.27. The molecule has 2 fully saturated rings. The van der Waals surface area contributed by atoms with Crippen LogP contribution in [0.1, 0.15) is 38.5 Å². The van der Waals surface area contributed by atoms with E-state index in [0.717, 1.165) is 38.5 Å². The summed E-state index contributed by atoms with van der Waals surface area (Å²) in [5, 5.41) is 5.35. The van der Waals surface area contributed by atoms with E-state index in [1.165, 1.54) is 22.5 Å². The molecular weight excluding hydrogens is 418 g/mol. The molecular formula is C19H26ClN3O5S. The van der Waals surface area contributed by atoms with Crippen molar-refractivity contribution in [3.05, 3.63) is 23.2 Å². The van der Waals surface area contributed by atoms with Gasteiger partial charge < -0.3 is 15.4 Å².